The Bertz CT molecular complexity index is 1750. The summed E-state index contributed by atoms with van der Waals surface area (Å²) in [5, 5.41) is 4.71. The van der Waals surface area contributed by atoms with Gasteiger partial charge in [0.2, 0.25) is 5.91 Å². The van der Waals surface area contributed by atoms with Crippen molar-refractivity contribution in [2.45, 2.75) is 31.2 Å². The highest BCUT2D eigenvalue weighted by atomic mass is 32.1. The van der Waals surface area contributed by atoms with E-state index < -0.39 is 5.54 Å². The number of hydrazine groups is 1. The second-order valence-corrected chi connectivity index (χ2v) is 11.4. The molecule has 7 nitrogen and oxygen atoms in total. The number of thiocarbonyl (C=S) groups is 1. The number of carbonyl (C=O) groups is 1. The normalized spacial score (nSPS) is 11.3. The highest BCUT2D eigenvalue weighted by molar-refractivity contribution is 7.80. The van der Waals surface area contributed by atoms with Gasteiger partial charge in [-0.15, -0.1) is 0 Å². The van der Waals surface area contributed by atoms with E-state index in [1.165, 1.54) is 0 Å². The minimum atomic E-state index is -0.578. The summed E-state index contributed by atoms with van der Waals surface area (Å²) < 4.78 is 2.23. The van der Waals surface area contributed by atoms with Gasteiger partial charge in [0.15, 0.2) is 5.11 Å². The number of rotatable bonds is 11. The van der Waals surface area contributed by atoms with Gasteiger partial charge in [-0.2, -0.15) is 0 Å². The summed E-state index contributed by atoms with van der Waals surface area (Å²) in [6.07, 6.45) is 8.65. The summed E-state index contributed by atoms with van der Waals surface area (Å²) in [6, 6.07) is 39.8. The van der Waals surface area contributed by atoms with Gasteiger partial charge in [0.1, 0.15) is 5.54 Å². The molecule has 0 bridgehead atoms. The average molecular weight is 613 g/mol. The Morgan fingerprint density at radius 2 is 1.38 bits per heavy atom. The predicted molar refractivity (Wildman–Crippen MR) is 184 cm³/mol. The number of para-hydroxylation sites is 1. The van der Waals surface area contributed by atoms with Crippen LogP contribution in [-0.2, 0) is 23.2 Å². The Morgan fingerprint density at radius 3 is 2.02 bits per heavy atom. The molecule has 2 aromatic heterocycles. The lowest BCUT2D eigenvalue weighted by molar-refractivity contribution is -0.121. The smallest absolute Gasteiger partial charge is 0.238 e. The average Bonchev–Trinajstić information content (AvgIpc) is 3.74. The quantitative estimate of drug-likeness (QED) is 0.0600. The van der Waals surface area contributed by atoms with Gasteiger partial charge in [-0.25, -0.2) is 4.98 Å². The zero-order valence-electron chi connectivity index (χ0n) is 24.9. The zero-order valence-corrected chi connectivity index (χ0v) is 25.8. The molecule has 226 valence electrons. The van der Waals surface area contributed by atoms with E-state index in [4.69, 9.17) is 17.2 Å². The van der Waals surface area contributed by atoms with Crippen molar-refractivity contribution in [3.8, 4) is 0 Å². The second-order valence-electron chi connectivity index (χ2n) is 11.0. The molecule has 0 aliphatic carbocycles. The lowest BCUT2D eigenvalue weighted by Crippen LogP contribution is -2.47. The van der Waals surface area contributed by atoms with E-state index in [1.807, 2.05) is 48.9 Å². The Hall–Kier alpha value is -5.21. The van der Waals surface area contributed by atoms with Gasteiger partial charge in [-0.1, -0.05) is 109 Å². The minimum Gasteiger partial charge on any atom is -0.361 e. The third-order valence-corrected chi connectivity index (χ3v) is 8.35. The molecule has 0 saturated carbocycles. The fourth-order valence-electron chi connectivity index (χ4n) is 5.95. The van der Waals surface area contributed by atoms with Crippen molar-refractivity contribution in [3.63, 3.8) is 0 Å². The first-order valence-corrected chi connectivity index (χ1v) is 15.6. The molecule has 1 amide bonds. The number of fused-ring (bicyclic) bond motifs is 1. The number of carbonyl (C=O) groups excluding carboxylic acids is 1. The number of amides is 1. The molecular weight excluding hydrogens is 577 g/mol. The van der Waals surface area contributed by atoms with Crippen LogP contribution in [0.4, 0.5) is 0 Å². The Morgan fingerprint density at radius 1 is 0.778 bits per heavy atom. The highest BCUT2D eigenvalue weighted by Crippen LogP contribution is 2.40. The van der Waals surface area contributed by atoms with Crippen LogP contribution in [-0.4, -0.2) is 32.1 Å². The Balaban J connectivity index is 1.05. The maximum atomic E-state index is 12.4. The first-order valence-electron chi connectivity index (χ1n) is 15.2. The molecule has 8 heteroatoms. The first-order chi connectivity index (χ1) is 22.1. The molecule has 0 atom stereocenters. The van der Waals surface area contributed by atoms with E-state index in [-0.39, 0.29) is 5.91 Å². The van der Waals surface area contributed by atoms with Crippen molar-refractivity contribution in [1.82, 2.24) is 30.7 Å². The molecule has 4 N–H and O–H groups in total. The maximum Gasteiger partial charge on any atom is 0.238 e. The number of hydrogen-bond acceptors (Lipinski definition) is 3. The molecule has 0 saturated heterocycles. The summed E-state index contributed by atoms with van der Waals surface area (Å²) in [7, 11) is 0. The van der Waals surface area contributed by atoms with Crippen molar-refractivity contribution >= 4 is 34.1 Å². The van der Waals surface area contributed by atoms with Gasteiger partial charge < -0.3 is 14.9 Å². The topological polar surface area (TPSA) is 86.8 Å². The summed E-state index contributed by atoms with van der Waals surface area (Å²) in [4.78, 5) is 20.5. The van der Waals surface area contributed by atoms with Crippen molar-refractivity contribution in [3.05, 3.63) is 162 Å². The summed E-state index contributed by atoms with van der Waals surface area (Å²) in [5.41, 5.74) is 11.6. The van der Waals surface area contributed by atoms with E-state index >= 15 is 0 Å². The van der Waals surface area contributed by atoms with Crippen LogP contribution in [0.2, 0.25) is 0 Å². The zero-order chi connectivity index (χ0) is 30.9. The number of aryl methyl sites for hydroxylation is 2. The van der Waals surface area contributed by atoms with Crippen LogP contribution in [0.3, 0.4) is 0 Å². The molecule has 0 fully saturated rings. The van der Waals surface area contributed by atoms with Gasteiger partial charge in [-0.05, 0) is 59.8 Å². The van der Waals surface area contributed by atoms with Crippen molar-refractivity contribution in [1.29, 1.82) is 0 Å². The van der Waals surface area contributed by atoms with Crippen LogP contribution in [0, 0.1) is 0 Å². The molecule has 45 heavy (non-hydrogen) atoms. The molecule has 0 unspecified atom stereocenters. The number of aromatic nitrogens is 3. The minimum absolute atomic E-state index is 0.117. The number of nitrogens with one attached hydrogen (secondary N) is 4. The van der Waals surface area contributed by atoms with E-state index in [2.05, 4.69) is 111 Å². The van der Waals surface area contributed by atoms with E-state index in [1.54, 1.807) is 0 Å². The monoisotopic (exact) mass is 612 g/mol. The van der Waals surface area contributed by atoms with Crippen molar-refractivity contribution in [2.75, 3.05) is 6.54 Å². The predicted octanol–water partition coefficient (Wildman–Crippen LogP) is 6.27. The summed E-state index contributed by atoms with van der Waals surface area (Å²) >= 11 is 5.38. The lowest BCUT2D eigenvalue weighted by Gasteiger charge is -2.37. The summed E-state index contributed by atoms with van der Waals surface area (Å²) in [6.45, 7) is 0.644. The standard InChI is InChI=1S/C37H36N6OS/c44-35(23-22-28-25-39-34-21-11-10-20-33(28)34)41-42-36(45)38-24-12-19-32-26-43(27-40-32)37(29-13-4-1-5-14-29,30-15-6-2-7-16-30)31-17-8-3-9-18-31/h1-11,13-18,20-21,25-27,39H,12,19,22-24H2,(H,41,44)(H2,38,42,45). The van der Waals surface area contributed by atoms with Crippen LogP contribution in [0.5, 0.6) is 0 Å². The second kappa shape index (κ2) is 14.1. The molecule has 0 aliphatic rings. The van der Waals surface area contributed by atoms with Crippen LogP contribution >= 0.6 is 12.2 Å². The van der Waals surface area contributed by atoms with Gasteiger partial charge >= 0.3 is 0 Å². The number of hydrogen-bond donors (Lipinski definition) is 4. The molecule has 0 radical (unpaired) electrons. The number of imidazole rings is 1. The van der Waals surface area contributed by atoms with Gasteiger partial charge in [-0.3, -0.25) is 15.6 Å². The van der Waals surface area contributed by atoms with E-state index in [0.717, 1.165) is 51.7 Å². The fourth-order valence-corrected chi connectivity index (χ4v) is 6.11. The van der Waals surface area contributed by atoms with Crippen molar-refractivity contribution in [2.24, 2.45) is 0 Å². The van der Waals surface area contributed by atoms with Crippen molar-refractivity contribution < 1.29 is 4.79 Å². The van der Waals surface area contributed by atoms with Gasteiger partial charge in [0.05, 0.1) is 12.0 Å². The fraction of sp³-hybridized carbons (Fsp3) is 0.162. The highest BCUT2D eigenvalue weighted by Gasteiger charge is 2.38. The molecule has 2 heterocycles. The maximum absolute atomic E-state index is 12.4. The first kappa shape index (κ1) is 29.8. The molecule has 0 aliphatic heterocycles. The molecular formula is C37H36N6OS. The van der Waals surface area contributed by atoms with E-state index in [9.17, 15) is 4.79 Å². The number of nitrogens with zero attached hydrogens (tertiary/aromatic N) is 2. The number of benzene rings is 4. The largest absolute Gasteiger partial charge is 0.361 e. The third-order valence-electron chi connectivity index (χ3n) is 8.11. The summed E-state index contributed by atoms with van der Waals surface area (Å²) in [5.74, 6) is -0.117. The molecule has 6 rings (SSSR count). The SMILES string of the molecule is O=C(CCc1c[nH]c2ccccc12)NNC(=S)NCCCc1cn(C(c2ccccc2)(c2ccccc2)c2ccccc2)cn1. The van der Waals surface area contributed by atoms with Crippen LogP contribution in [0.25, 0.3) is 10.9 Å². The van der Waals surface area contributed by atoms with Gasteiger partial charge in [0.25, 0.3) is 0 Å². The molecule has 0 spiro atoms. The number of aromatic amines is 1. The molecule has 6 aromatic rings. The van der Waals surface area contributed by atoms with E-state index in [0.29, 0.717) is 24.5 Å². The van der Waals surface area contributed by atoms with Crippen LogP contribution in [0.1, 0.15) is 40.8 Å². The van der Waals surface area contributed by atoms with Crippen LogP contribution < -0.4 is 16.2 Å². The Labute approximate surface area is 268 Å². The Kier molecular flexibility index (Phi) is 9.32. The lowest BCUT2D eigenvalue weighted by atomic mass is 9.77. The molecule has 4 aromatic carbocycles. The van der Waals surface area contributed by atoms with Gasteiger partial charge in [0, 0.05) is 36.3 Å². The third kappa shape index (κ3) is 6.66. The van der Waals surface area contributed by atoms with Crippen LogP contribution in [0.15, 0.2) is 134 Å². The number of H-pyrrole nitrogens is 1.